The van der Waals surface area contributed by atoms with Crippen molar-refractivity contribution >= 4 is 17.9 Å². The Hall–Kier alpha value is -2.56. The number of carbonyl (C=O) groups is 3. The van der Waals surface area contributed by atoms with Crippen LogP contribution in [0.25, 0.3) is 0 Å². The summed E-state index contributed by atoms with van der Waals surface area (Å²) in [4.78, 5) is 42.1. The molecule has 0 bridgehead atoms. The number of hydrogen-bond donors (Lipinski definition) is 3. The van der Waals surface area contributed by atoms with Crippen molar-refractivity contribution in [2.45, 2.75) is 70.9 Å². The Morgan fingerprint density at radius 3 is 2.06 bits per heavy atom. The monoisotopic (exact) mass is 451 g/mol. The lowest BCUT2D eigenvalue weighted by Gasteiger charge is -2.43. The molecule has 1 unspecified atom stereocenters. The first-order valence-corrected chi connectivity index (χ1v) is 10.8. The highest BCUT2D eigenvalue weighted by molar-refractivity contribution is 5.72. The highest BCUT2D eigenvalue weighted by Crippen LogP contribution is 2.29. The van der Waals surface area contributed by atoms with Gasteiger partial charge < -0.3 is 20.1 Å². The zero-order valence-corrected chi connectivity index (χ0v) is 18.6. The van der Waals surface area contributed by atoms with Crippen LogP contribution in [-0.2, 0) is 32.3 Å². The Morgan fingerprint density at radius 1 is 1.00 bits per heavy atom. The van der Waals surface area contributed by atoms with Gasteiger partial charge in [0.25, 0.3) is 0 Å². The van der Waals surface area contributed by atoms with Gasteiger partial charge in [0, 0.05) is 30.4 Å². The molecule has 1 fully saturated rings. The quantitative estimate of drug-likeness (QED) is 0.405. The minimum Gasteiger partial charge on any atom is -0.480 e. The van der Waals surface area contributed by atoms with Gasteiger partial charge in [-0.2, -0.15) is 0 Å². The van der Waals surface area contributed by atoms with E-state index in [9.17, 15) is 29.7 Å². The van der Waals surface area contributed by atoms with E-state index in [1.807, 2.05) is 19.9 Å². The molecule has 1 heterocycles. The molecule has 32 heavy (non-hydrogen) atoms. The molecule has 1 aromatic heterocycles. The van der Waals surface area contributed by atoms with Crippen LogP contribution in [0.4, 0.5) is 0 Å². The van der Waals surface area contributed by atoms with Gasteiger partial charge in [0.15, 0.2) is 0 Å². The second-order valence-electron chi connectivity index (χ2n) is 8.38. The van der Waals surface area contributed by atoms with Crippen LogP contribution in [-0.4, -0.2) is 85.8 Å². The van der Waals surface area contributed by atoms with Crippen LogP contribution in [0.3, 0.4) is 0 Å². The second-order valence-corrected chi connectivity index (χ2v) is 8.38. The summed E-state index contributed by atoms with van der Waals surface area (Å²) >= 11 is 0. The summed E-state index contributed by atoms with van der Waals surface area (Å²) in [5, 5.41) is 28.2. The van der Waals surface area contributed by atoms with E-state index in [1.165, 1.54) is 4.90 Å². The molecular formula is C22H33N3O7. The zero-order chi connectivity index (χ0) is 23.7. The van der Waals surface area contributed by atoms with Crippen molar-refractivity contribution in [3.8, 4) is 0 Å². The summed E-state index contributed by atoms with van der Waals surface area (Å²) in [7, 11) is 0. The minimum absolute atomic E-state index is 0.0292. The van der Waals surface area contributed by atoms with Crippen LogP contribution >= 0.6 is 0 Å². The number of ether oxygens (including phenoxy) is 1. The van der Waals surface area contributed by atoms with Gasteiger partial charge in [0.1, 0.15) is 0 Å². The number of pyridine rings is 1. The molecule has 0 aromatic carbocycles. The van der Waals surface area contributed by atoms with E-state index >= 15 is 0 Å². The zero-order valence-electron chi connectivity index (χ0n) is 18.6. The maximum absolute atomic E-state index is 11.7. The van der Waals surface area contributed by atoms with E-state index in [4.69, 9.17) is 4.74 Å². The van der Waals surface area contributed by atoms with E-state index in [0.29, 0.717) is 25.1 Å². The fourth-order valence-corrected chi connectivity index (χ4v) is 4.24. The van der Waals surface area contributed by atoms with Gasteiger partial charge in [-0.25, -0.2) is 0 Å². The van der Waals surface area contributed by atoms with Crippen LogP contribution in [0.15, 0.2) is 18.3 Å². The molecule has 0 saturated heterocycles. The SMILES string of the molecule is CC(C)OCc1cccnc1CN(CC(=O)O)[C@H]1CCCCC1N(CC(=O)O)CC(=O)O. The topological polar surface area (TPSA) is 140 Å². The summed E-state index contributed by atoms with van der Waals surface area (Å²) in [6.07, 6.45) is 4.62. The van der Waals surface area contributed by atoms with Crippen LogP contribution in [0.5, 0.6) is 0 Å². The molecule has 1 aromatic rings. The van der Waals surface area contributed by atoms with Crippen molar-refractivity contribution in [2.75, 3.05) is 19.6 Å². The van der Waals surface area contributed by atoms with Gasteiger partial charge >= 0.3 is 17.9 Å². The van der Waals surface area contributed by atoms with Gasteiger partial charge in [-0.3, -0.25) is 29.2 Å². The van der Waals surface area contributed by atoms with E-state index in [2.05, 4.69) is 4.98 Å². The van der Waals surface area contributed by atoms with E-state index < -0.39 is 31.0 Å². The predicted octanol–water partition coefficient (Wildman–Crippen LogP) is 1.68. The summed E-state index contributed by atoms with van der Waals surface area (Å²) in [5.41, 5.74) is 1.55. The number of rotatable bonds is 13. The molecule has 2 atom stereocenters. The smallest absolute Gasteiger partial charge is 0.317 e. The summed E-state index contributed by atoms with van der Waals surface area (Å²) in [6.45, 7) is 3.38. The van der Waals surface area contributed by atoms with Crippen molar-refractivity contribution in [1.82, 2.24) is 14.8 Å². The number of aromatic nitrogens is 1. The Balaban J connectivity index is 2.32. The Bertz CT molecular complexity index is 771. The molecule has 10 heteroatoms. The average molecular weight is 452 g/mol. The Kier molecular flexibility index (Phi) is 10.0. The maximum Gasteiger partial charge on any atom is 0.317 e. The third-order valence-corrected chi connectivity index (χ3v) is 5.56. The fraction of sp³-hybridized carbons (Fsp3) is 0.636. The number of hydrogen-bond acceptors (Lipinski definition) is 7. The predicted molar refractivity (Wildman–Crippen MR) is 115 cm³/mol. The lowest BCUT2D eigenvalue weighted by Crippen LogP contribution is -2.56. The molecule has 2 rings (SSSR count). The largest absolute Gasteiger partial charge is 0.480 e. The molecular weight excluding hydrogens is 418 g/mol. The highest BCUT2D eigenvalue weighted by Gasteiger charge is 2.36. The lowest BCUT2D eigenvalue weighted by molar-refractivity contribution is -0.146. The first-order valence-electron chi connectivity index (χ1n) is 10.8. The van der Waals surface area contributed by atoms with E-state index in [-0.39, 0.29) is 31.3 Å². The normalized spacial score (nSPS) is 18.9. The Labute approximate surface area is 187 Å². The lowest BCUT2D eigenvalue weighted by atomic mass is 9.87. The second kappa shape index (κ2) is 12.5. The average Bonchev–Trinajstić information content (AvgIpc) is 2.71. The van der Waals surface area contributed by atoms with Crippen molar-refractivity contribution in [3.63, 3.8) is 0 Å². The van der Waals surface area contributed by atoms with Gasteiger partial charge in [-0.1, -0.05) is 18.9 Å². The fourth-order valence-electron chi connectivity index (χ4n) is 4.24. The first-order chi connectivity index (χ1) is 15.2. The summed E-state index contributed by atoms with van der Waals surface area (Å²) in [6, 6.07) is 3.01. The standard InChI is InChI=1S/C22H33N3O7/c1-15(2)32-14-16-6-5-9-23-17(16)10-24(11-20(26)27)18-7-3-4-8-19(18)25(12-21(28)29)13-22(30)31/h5-6,9,15,18-19H,3-4,7-8,10-14H2,1-2H3,(H,26,27)(H,28,29)(H,30,31)/t18-,19?/m0/s1. The van der Waals surface area contributed by atoms with Crippen molar-refractivity contribution in [2.24, 2.45) is 0 Å². The first kappa shape index (κ1) is 25.7. The van der Waals surface area contributed by atoms with E-state index in [0.717, 1.165) is 18.4 Å². The molecule has 0 radical (unpaired) electrons. The van der Waals surface area contributed by atoms with Crippen molar-refractivity contribution in [1.29, 1.82) is 0 Å². The number of carboxylic acid groups (broad SMARTS) is 3. The van der Waals surface area contributed by atoms with Crippen LogP contribution in [0, 0.1) is 0 Å². The summed E-state index contributed by atoms with van der Waals surface area (Å²) < 4.78 is 5.71. The third-order valence-electron chi connectivity index (χ3n) is 5.56. The van der Waals surface area contributed by atoms with Gasteiger partial charge in [-0.05, 0) is 32.8 Å². The summed E-state index contributed by atoms with van der Waals surface area (Å²) in [5.74, 6) is -3.23. The Morgan fingerprint density at radius 2 is 1.53 bits per heavy atom. The molecule has 1 saturated carbocycles. The van der Waals surface area contributed by atoms with Crippen LogP contribution < -0.4 is 0 Å². The van der Waals surface area contributed by atoms with Crippen molar-refractivity contribution < 1.29 is 34.4 Å². The number of aliphatic carboxylic acids is 3. The third kappa shape index (κ3) is 8.18. The molecule has 178 valence electrons. The molecule has 3 N–H and O–H groups in total. The van der Waals surface area contributed by atoms with Gasteiger partial charge in [0.2, 0.25) is 0 Å². The molecule has 1 aliphatic rings. The molecule has 1 aliphatic carbocycles. The molecule has 0 aliphatic heterocycles. The number of carboxylic acids is 3. The highest BCUT2D eigenvalue weighted by atomic mass is 16.5. The molecule has 10 nitrogen and oxygen atoms in total. The molecule has 0 amide bonds. The maximum atomic E-state index is 11.7. The minimum atomic E-state index is -1.11. The van der Waals surface area contributed by atoms with Crippen molar-refractivity contribution in [3.05, 3.63) is 29.6 Å². The van der Waals surface area contributed by atoms with Crippen LogP contribution in [0.1, 0.15) is 50.8 Å². The number of nitrogens with zero attached hydrogens (tertiary/aromatic N) is 3. The van der Waals surface area contributed by atoms with Crippen LogP contribution in [0.2, 0.25) is 0 Å². The van der Waals surface area contributed by atoms with E-state index in [1.54, 1.807) is 17.2 Å². The van der Waals surface area contributed by atoms with Gasteiger partial charge in [0.05, 0.1) is 38.0 Å². The van der Waals surface area contributed by atoms with Gasteiger partial charge in [-0.15, -0.1) is 0 Å². The molecule has 0 spiro atoms.